The molecular weight excluding hydrogens is 230 g/mol. The predicted octanol–water partition coefficient (Wildman–Crippen LogP) is 0.988. The topological polar surface area (TPSA) is 101 Å². The van der Waals surface area contributed by atoms with Gasteiger partial charge in [0.25, 0.3) is 5.91 Å². The minimum Gasteiger partial charge on any atom is -0.399 e. The Bertz CT molecular complexity index is 419. The van der Waals surface area contributed by atoms with Gasteiger partial charge in [0.1, 0.15) is 0 Å². The van der Waals surface area contributed by atoms with Crippen molar-refractivity contribution in [2.75, 3.05) is 18.1 Å². The van der Waals surface area contributed by atoms with Gasteiger partial charge in [0.05, 0.1) is 5.56 Å². The molecule has 0 aliphatic heterocycles. The Balaban J connectivity index is 2.80. The highest BCUT2D eigenvalue weighted by Gasteiger charge is 2.18. The SMILES string of the molecule is CC(C)C(CCO)NC(=O)c1ccc(N)cc1N. The normalized spacial score (nSPS) is 12.4. The molecule has 1 aromatic carbocycles. The number of anilines is 2. The fraction of sp³-hybridized carbons (Fsp3) is 0.462. The second kappa shape index (κ2) is 6.26. The molecule has 0 spiro atoms. The summed E-state index contributed by atoms with van der Waals surface area (Å²) < 4.78 is 0. The molecule has 5 nitrogen and oxygen atoms in total. The smallest absolute Gasteiger partial charge is 0.253 e. The van der Waals surface area contributed by atoms with Crippen LogP contribution in [0.5, 0.6) is 0 Å². The Hall–Kier alpha value is -1.75. The minimum absolute atomic E-state index is 0.0420. The number of aliphatic hydroxyl groups excluding tert-OH is 1. The molecule has 0 bridgehead atoms. The third kappa shape index (κ3) is 3.63. The van der Waals surface area contributed by atoms with E-state index in [2.05, 4.69) is 5.32 Å². The van der Waals surface area contributed by atoms with Crippen LogP contribution in [0.1, 0.15) is 30.6 Å². The molecule has 0 heterocycles. The maximum Gasteiger partial charge on any atom is 0.253 e. The third-order valence-electron chi connectivity index (χ3n) is 2.88. The highest BCUT2D eigenvalue weighted by atomic mass is 16.3. The van der Waals surface area contributed by atoms with E-state index in [0.717, 1.165) is 0 Å². The number of rotatable bonds is 5. The molecule has 0 aliphatic carbocycles. The first-order chi connectivity index (χ1) is 8.45. The van der Waals surface area contributed by atoms with Crippen LogP contribution in [0.3, 0.4) is 0 Å². The summed E-state index contributed by atoms with van der Waals surface area (Å²) in [5.74, 6) is 0.00996. The summed E-state index contributed by atoms with van der Waals surface area (Å²) in [6, 6.07) is 4.74. The second-order valence-corrected chi connectivity index (χ2v) is 4.68. The second-order valence-electron chi connectivity index (χ2n) is 4.68. The van der Waals surface area contributed by atoms with Crippen LogP contribution in [0.2, 0.25) is 0 Å². The van der Waals surface area contributed by atoms with Crippen LogP contribution in [0.25, 0.3) is 0 Å². The maximum atomic E-state index is 12.1. The fourth-order valence-electron chi connectivity index (χ4n) is 1.75. The average molecular weight is 251 g/mol. The number of hydrogen-bond donors (Lipinski definition) is 4. The van der Waals surface area contributed by atoms with E-state index in [1.165, 1.54) is 0 Å². The lowest BCUT2D eigenvalue weighted by atomic mass is 10.0. The lowest BCUT2D eigenvalue weighted by Gasteiger charge is -2.22. The summed E-state index contributed by atoms with van der Waals surface area (Å²) in [6.07, 6.45) is 0.526. The van der Waals surface area contributed by atoms with Crippen molar-refractivity contribution in [2.24, 2.45) is 5.92 Å². The molecule has 5 heteroatoms. The quantitative estimate of drug-likeness (QED) is 0.586. The fourth-order valence-corrected chi connectivity index (χ4v) is 1.75. The number of nitrogens with two attached hydrogens (primary N) is 2. The van der Waals surface area contributed by atoms with Crippen LogP contribution in [-0.4, -0.2) is 23.7 Å². The Morgan fingerprint density at radius 1 is 1.39 bits per heavy atom. The molecule has 0 aromatic heterocycles. The van der Waals surface area contributed by atoms with Gasteiger partial charge in [-0.05, 0) is 30.5 Å². The van der Waals surface area contributed by atoms with Crippen LogP contribution < -0.4 is 16.8 Å². The first-order valence-electron chi connectivity index (χ1n) is 6.02. The number of hydrogen-bond acceptors (Lipinski definition) is 4. The number of benzene rings is 1. The number of nitrogens with one attached hydrogen (secondary N) is 1. The predicted molar refractivity (Wildman–Crippen MR) is 73.1 cm³/mol. The number of amides is 1. The molecule has 1 atom stereocenters. The summed E-state index contributed by atoms with van der Waals surface area (Å²) in [5.41, 5.74) is 12.6. The van der Waals surface area contributed by atoms with Gasteiger partial charge in [-0.3, -0.25) is 4.79 Å². The van der Waals surface area contributed by atoms with Gasteiger partial charge in [0.15, 0.2) is 0 Å². The van der Waals surface area contributed by atoms with E-state index in [4.69, 9.17) is 16.6 Å². The maximum absolute atomic E-state index is 12.1. The van der Waals surface area contributed by atoms with Gasteiger partial charge in [-0.2, -0.15) is 0 Å². The summed E-state index contributed by atoms with van der Waals surface area (Å²) in [5, 5.41) is 11.8. The molecule has 0 radical (unpaired) electrons. The molecule has 0 saturated carbocycles. The summed E-state index contributed by atoms with van der Waals surface area (Å²) >= 11 is 0. The van der Waals surface area contributed by atoms with Gasteiger partial charge < -0.3 is 21.9 Å². The molecule has 1 amide bonds. The van der Waals surface area contributed by atoms with Crippen molar-refractivity contribution in [3.8, 4) is 0 Å². The Kier molecular flexibility index (Phi) is 4.97. The highest BCUT2D eigenvalue weighted by Crippen LogP contribution is 2.16. The van der Waals surface area contributed by atoms with Crippen LogP contribution in [0.15, 0.2) is 18.2 Å². The van der Waals surface area contributed by atoms with Crippen molar-refractivity contribution in [1.82, 2.24) is 5.32 Å². The average Bonchev–Trinajstić information content (AvgIpc) is 2.27. The number of aliphatic hydroxyl groups is 1. The molecule has 1 unspecified atom stereocenters. The zero-order valence-corrected chi connectivity index (χ0v) is 10.8. The summed E-state index contributed by atoms with van der Waals surface area (Å²) in [4.78, 5) is 12.1. The molecule has 100 valence electrons. The number of carbonyl (C=O) groups excluding carboxylic acids is 1. The zero-order valence-electron chi connectivity index (χ0n) is 10.8. The third-order valence-corrected chi connectivity index (χ3v) is 2.88. The van der Waals surface area contributed by atoms with Crippen molar-refractivity contribution >= 4 is 17.3 Å². The van der Waals surface area contributed by atoms with Crippen molar-refractivity contribution in [1.29, 1.82) is 0 Å². The van der Waals surface area contributed by atoms with Crippen molar-refractivity contribution in [2.45, 2.75) is 26.3 Å². The van der Waals surface area contributed by atoms with E-state index in [9.17, 15) is 4.79 Å². The van der Waals surface area contributed by atoms with E-state index in [0.29, 0.717) is 23.4 Å². The molecule has 18 heavy (non-hydrogen) atoms. The summed E-state index contributed by atoms with van der Waals surface area (Å²) in [6.45, 7) is 4.03. The van der Waals surface area contributed by atoms with E-state index in [1.54, 1.807) is 18.2 Å². The Morgan fingerprint density at radius 2 is 2.06 bits per heavy atom. The van der Waals surface area contributed by atoms with Crippen LogP contribution >= 0.6 is 0 Å². The Labute approximate surface area is 107 Å². The molecule has 0 fully saturated rings. The first kappa shape index (κ1) is 14.3. The monoisotopic (exact) mass is 251 g/mol. The molecule has 0 aliphatic rings. The molecular formula is C13H21N3O2. The van der Waals surface area contributed by atoms with Crippen molar-refractivity contribution in [3.63, 3.8) is 0 Å². The number of nitrogen functional groups attached to an aromatic ring is 2. The van der Waals surface area contributed by atoms with Crippen LogP contribution in [0.4, 0.5) is 11.4 Å². The lowest BCUT2D eigenvalue weighted by Crippen LogP contribution is -2.39. The van der Waals surface area contributed by atoms with Crippen LogP contribution in [-0.2, 0) is 0 Å². The van der Waals surface area contributed by atoms with Gasteiger partial charge in [-0.25, -0.2) is 0 Å². The lowest BCUT2D eigenvalue weighted by molar-refractivity contribution is 0.0917. The van der Waals surface area contributed by atoms with Gasteiger partial charge >= 0.3 is 0 Å². The van der Waals surface area contributed by atoms with E-state index in [1.807, 2.05) is 13.8 Å². The minimum atomic E-state index is -0.236. The zero-order chi connectivity index (χ0) is 13.7. The molecule has 1 rings (SSSR count). The standard InChI is InChI=1S/C13H21N3O2/c1-8(2)12(5-6-17)16-13(18)10-4-3-9(14)7-11(10)15/h3-4,7-8,12,17H,5-6,14-15H2,1-2H3,(H,16,18). The molecule has 1 aromatic rings. The van der Waals surface area contributed by atoms with E-state index in [-0.39, 0.29) is 24.5 Å². The van der Waals surface area contributed by atoms with Gasteiger partial charge in [0, 0.05) is 24.0 Å². The van der Waals surface area contributed by atoms with Gasteiger partial charge in [0.2, 0.25) is 0 Å². The summed E-state index contributed by atoms with van der Waals surface area (Å²) in [7, 11) is 0. The Morgan fingerprint density at radius 3 is 2.56 bits per heavy atom. The van der Waals surface area contributed by atoms with Crippen LogP contribution in [0, 0.1) is 5.92 Å². The van der Waals surface area contributed by atoms with Crippen molar-refractivity contribution < 1.29 is 9.90 Å². The van der Waals surface area contributed by atoms with E-state index >= 15 is 0 Å². The largest absolute Gasteiger partial charge is 0.399 e. The molecule has 6 N–H and O–H groups in total. The van der Waals surface area contributed by atoms with Gasteiger partial charge in [-0.1, -0.05) is 13.8 Å². The number of carbonyl (C=O) groups is 1. The van der Waals surface area contributed by atoms with E-state index < -0.39 is 0 Å². The highest BCUT2D eigenvalue weighted by molar-refractivity contribution is 5.99. The molecule has 0 saturated heterocycles. The first-order valence-corrected chi connectivity index (χ1v) is 6.02. The van der Waals surface area contributed by atoms with Crippen molar-refractivity contribution in [3.05, 3.63) is 23.8 Å². The van der Waals surface area contributed by atoms with Gasteiger partial charge in [-0.15, -0.1) is 0 Å².